The summed E-state index contributed by atoms with van der Waals surface area (Å²) in [6.07, 6.45) is 1.11. The lowest BCUT2D eigenvalue weighted by atomic mass is 10.2. The van der Waals surface area contributed by atoms with Gasteiger partial charge in [0.05, 0.1) is 6.04 Å². The van der Waals surface area contributed by atoms with E-state index >= 15 is 0 Å². The third kappa shape index (κ3) is 2.44. The van der Waals surface area contributed by atoms with Crippen LogP contribution in [0.4, 0.5) is 0 Å². The van der Waals surface area contributed by atoms with E-state index in [2.05, 4.69) is 34.5 Å². The van der Waals surface area contributed by atoms with Gasteiger partial charge in [0.15, 0.2) is 5.82 Å². The molecule has 0 amide bonds. The largest absolute Gasteiger partial charge is 0.308 e. The van der Waals surface area contributed by atoms with Crippen LogP contribution in [0, 0.1) is 0 Å². The number of aromatic nitrogens is 4. The van der Waals surface area contributed by atoms with Crippen molar-refractivity contribution in [2.75, 3.05) is 6.54 Å². The van der Waals surface area contributed by atoms with E-state index in [0.717, 1.165) is 34.3 Å². The first-order valence-electron chi connectivity index (χ1n) is 6.80. The van der Waals surface area contributed by atoms with E-state index in [0.29, 0.717) is 0 Å². The molecule has 2 heterocycles. The van der Waals surface area contributed by atoms with Gasteiger partial charge in [0.2, 0.25) is 4.96 Å². The van der Waals surface area contributed by atoms with Crippen molar-refractivity contribution in [3.05, 3.63) is 35.3 Å². The van der Waals surface area contributed by atoms with E-state index in [1.54, 1.807) is 11.3 Å². The second kappa shape index (κ2) is 5.68. The Labute approximate surface area is 121 Å². The average molecular weight is 287 g/mol. The molecule has 5 nitrogen and oxygen atoms in total. The van der Waals surface area contributed by atoms with Gasteiger partial charge in [0, 0.05) is 5.56 Å². The fraction of sp³-hybridized carbons (Fsp3) is 0.357. The molecule has 1 unspecified atom stereocenters. The van der Waals surface area contributed by atoms with Gasteiger partial charge in [-0.2, -0.15) is 9.61 Å². The predicted octanol–water partition coefficient (Wildman–Crippen LogP) is 2.91. The van der Waals surface area contributed by atoms with E-state index in [1.807, 2.05) is 34.8 Å². The van der Waals surface area contributed by atoms with Crippen LogP contribution >= 0.6 is 11.3 Å². The molecule has 0 radical (unpaired) electrons. The Morgan fingerprint density at radius 3 is 2.80 bits per heavy atom. The molecule has 2 aromatic heterocycles. The molecule has 0 saturated carbocycles. The Kier molecular flexibility index (Phi) is 3.75. The molecule has 6 heteroatoms. The number of benzene rings is 1. The summed E-state index contributed by atoms with van der Waals surface area (Å²) in [5.74, 6) is 0.797. The lowest BCUT2D eigenvalue weighted by Gasteiger charge is -2.08. The van der Waals surface area contributed by atoms with Crippen LogP contribution in [0.25, 0.3) is 16.3 Å². The summed E-state index contributed by atoms with van der Waals surface area (Å²) in [6, 6.07) is 10.3. The molecule has 0 fully saturated rings. The highest BCUT2D eigenvalue weighted by Crippen LogP contribution is 2.24. The van der Waals surface area contributed by atoms with Gasteiger partial charge in [-0.1, -0.05) is 48.6 Å². The normalized spacial score (nSPS) is 12.9. The number of nitrogens with one attached hydrogen (secondary N) is 1. The molecule has 1 atom stereocenters. The highest BCUT2D eigenvalue weighted by atomic mass is 32.1. The van der Waals surface area contributed by atoms with Crippen LogP contribution in [0.2, 0.25) is 0 Å². The molecule has 0 bridgehead atoms. The summed E-state index contributed by atoms with van der Waals surface area (Å²) < 4.78 is 1.83. The third-order valence-corrected chi connectivity index (χ3v) is 4.19. The van der Waals surface area contributed by atoms with Gasteiger partial charge in [-0.15, -0.1) is 10.2 Å². The second-order valence-corrected chi connectivity index (χ2v) is 5.69. The number of nitrogens with zero attached hydrogens (tertiary/aromatic N) is 4. The van der Waals surface area contributed by atoms with Crippen LogP contribution in [0.5, 0.6) is 0 Å². The molecule has 0 spiro atoms. The van der Waals surface area contributed by atoms with Gasteiger partial charge in [-0.25, -0.2) is 0 Å². The van der Waals surface area contributed by atoms with E-state index < -0.39 is 0 Å². The van der Waals surface area contributed by atoms with Crippen molar-refractivity contribution in [3.8, 4) is 11.4 Å². The molecule has 1 aromatic carbocycles. The minimum Gasteiger partial charge on any atom is -0.308 e. The Bertz CT molecular complexity index is 688. The van der Waals surface area contributed by atoms with Crippen LogP contribution in [0.15, 0.2) is 30.3 Å². The summed E-state index contributed by atoms with van der Waals surface area (Å²) in [4.78, 5) is 0.837. The summed E-state index contributed by atoms with van der Waals surface area (Å²) >= 11 is 1.59. The fourth-order valence-corrected chi connectivity index (χ4v) is 2.89. The maximum Gasteiger partial charge on any atom is 0.235 e. The molecule has 3 aromatic rings. The Hall–Kier alpha value is -1.79. The third-order valence-electron chi connectivity index (χ3n) is 3.11. The van der Waals surface area contributed by atoms with Crippen LogP contribution in [-0.2, 0) is 0 Å². The summed E-state index contributed by atoms with van der Waals surface area (Å²) in [5, 5.41) is 17.6. The number of fused-ring (bicyclic) bond motifs is 1. The zero-order valence-corrected chi connectivity index (χ0v) is 12.4. The second-order valence-electron chi connectivity index (χ2n) is 4.70. The van der Waals surface area contributed by atoms with Gasteiger partial charge in [0.1, 0.15) is 5.01 Å². The highest BCUT2D eigenvalue weighted by Gasteiger charge is 2.16. The molecular formula is C14H17N5S. The van der Waals surface area contributed by atoms with Crippen LogP contribution < -0.4 is 5.32 Å². The van der Waals surface area contributed by atoms with E-state index in [-0.39, 0.29) is 6.04 Å². The minimum absolute atomic E-state index is 0.241. The first-order valence-corrected chi connectivity index (χ1v) is 7.62. The number of hydrogen-bond donors (Lipinski definition) is 1. The van der Waals surface area contributed by atoms with Crippen molar-refractivity contribution in [2.45, 2.75) is 26.3 Å². The maximum atomic E-state index is 4.65. The van der Waals surface area contributed by atoms with Gasteiger partial charge in [-0.05, 0) is 19.9 Å². The molecule has 20 heavy (non-hydrogen) atoms. The molecule has 0 aliphatic heterocycles. The SMILES string of the molecule is CCCNC(C)c1nn2c(-c3ccccc3)nnc2s1. The van der Waals surface area contributed by atoms with E-state index in [4.69, 9.17) is 0 Å². The van der Waals surface area contributed by atoms with Crippen molar-refractivity contribution in [1.29, 1.82) is 0 Å². The average Bonchev–Trinajstić information content (AvgIpc) is 3.05. The van der Waals surface area contributed by atoms with E-state index in [9.17, 15) is 0 Å². The zero-order chi connectivity index (χ0) is 13.9. The van der Waals surface area contributed by atoms with Gasteiger partial charge < -0.3 is 5.32 Å². The van der Waals surface area contributed by atoms with Crippen LogP contribution in [-0.4, -0.2) is 26.4 Å². The van der Waals surface area contributed by atoms with E-state index in [1.165, 1.54) is 0 Å². The Morgan fingerprint density at radius 2 is 2.05 bits per heavy atom. The summed E-state index contributed by atoms with van der Waals surface area (Å²) in [6.45, 7) is 5.28. The first kappa shape index (κ1) is 13.2. The van der Waals surface area contributed by atoms with Crippen LogP contribution in [0.3, 0.4) is 0 Å². The molecular weight excluding hydrogens is 270 g/mol. The Morgan fingerprint density at radius 1 is 1.25 bits per heavy atom. The molecule has 0 aliphatic rings. The standard InChI is InChI=1S/C14H17N5S/c1-3-9-15-10(2)13-18-19-12(16-17-14(19)20-13)11-7-5-4-6-8-11/h4-8,10,15H,3,9H2,1-2H3. The number of hydrogen-bond acceptors (Lipinski definition) is 5. The molecule has 104 valence electrons. The predicted molar refractivity (Wildman–Crippen MR) is 80.8 cm³/mol. The highest BCUT2D eigenvalue weighted by molar-refractivity contribution is 7.16. The quantitative estimate of drug-likeness (QED) is 0.784. The van der Waals surface area contributed by atoms with Crippen molar-refractivity contribution in [2.24, 2.45) is 0 Å². The van der Waals surface area contributed by atoms with Crippen LogP contribution in [0.1, 0.15) is 31.3 Å². The number of rotatable bonds is 5. The van der Waals surface area contributed by atoms with Gasteiger partial charge in [0.25, 0.3) is 0 Å². The zero-order valence-electron chi connectivity index (χ0n) is 11.6. The van der Waals surface area contributed by atoms with Crippen molar-refractivity contribution >= 4 is 16.3 Å². The summed E-state index contributed by atoms with van der Waals surface area (Å²) in [7, 11) is 0. The fourth-order valence-electron chi connectivity index (χ4n) is 2.02. The van der Waals surface area contributed by atoms with Crippen molar-refractivity contribution in [3.63, 3.8) is 0 Å². The first-order chi connectivity index (χ1) is 9.79. The monoisotopic (exact) mass is 287 g/mol. The maximum absolute atomic E-state index is 4.65. The Balaban J connectivity index is 1.95. The van der Waals surface area contributed by atoms with Crippen molar-refractivity contribution < 1.29 is 0 Å². The molecule has 0 aliphatic carbocycles. The molecule has 3 rings (SSSR count). The van der Waals surface area contributed by atoms with Gasteiger partial charge >= 0.3 is 0 Å². The smallest absolute Gasteiger partial charge is 0.235 e. The lowest BCUT2D eigenvalue weighted by Crippen LogP contribution is -2.19. The molecule has 1 N–H and O–H groups in total. The minimum atomic E-state index is 0.241. The van der Waals surface area contributed by atoms with Crippen molar-refractivity contribution in [1.82, 2.24) is 25.1 Å². The van der Waals surface area contributed by atoms with Gasteiger partial charge in [-0.3, -0.25) is 0 Å². The topological polar surface area (TPSA) is 55.1 Å². The summed E-state index contributed by atoms with van der Waals surface area (Å²) in [5.41, 5.74) is 1.03. The lowest BCUT2D eigenvalue weighted by molar-refractivity contribution is 0.562. The molecule has 0 saturated heterocycles.